The van der Waals surface area contributed by atoms with Crippen molar-refractivity contribution in [2.75, 3.05) is 20.8 Å². The Balaban J connectivity index is 2.73. The number of methoxy groups -OCH3 is 2. The Bertz CT molecular complexity index is 431. The van der Waals surface area contributed by atoms with E-state index >= 15 is 0 Å². The van der Waals surface area contributed by atoms with Gasteiger partial charge < -0.3 is 19.3 Å². The maximum atomic E-state index is 11.1. The average Bonchev–Trinajstić information content (AvgIpc) is 2.49. The Kier molecular flexibility index (Phi) is 7.43. The van der Waals surface area contributed by atoms with Gasteiger partial charge in [-0.2, -0.15) is 0 Å². The molecule has 0 fully saturated rings. The Morgan fingerprint density at radius 3 is 2.10 bits per heavy atom. The summed E-state index contributed by atoms with van der Waals surface area (Å²) in [6, 6.07) is 2.88. The van der Waals surface area contributed by atoms with E-state index in [0.29, 0.717) is 23.9 Å². The Morgan fingerprint density at radius 2 is 1.62 bits per heavy atom. The van der Waals surface area contributed by atoms with Crippen LogP contribution in [0.3, 0.4) is 0 Å². The highest BCUT2D eigenvalue weighted by Crippen LogP contribution is 2.38. The minimum atomic E-state index is -1.03. The van der Waals surface area contributed by atoms with E-state index in [1.807, 2.05) is 0 Å². The van der Waals surface area contributed by atoms with Crippen molar-refractivity contribution in [1.82, 2.24) is 0 Å². The van der Waals surface area contributed by atoms with E-state index < -0.39 is 5.97 Å². The summed E-state index contributed by atoms with van der Waals surface area (Å²) >= 11 is 0. The molecule has 0 aliphatic carbocycles. The molecule has 0 saturated heterocycles. The molecule has 0 heterocycles. The number of carbonyl (C=O) groups is 1. The van der Waals surface area contributed by atoms with Crippen molar-refractivity contribution in [3.63, 3.8) is 0 Å². The molecule has 0 bridgehead atoms. The molecule has 0 unspecified atom stereocenters. The van der Waals surface area contributed by atoms with E-state index in [1.165, 1.54) is 45.6 Å². The number of ether oxygens (including phenoxy) is 3. The van der Waals surface area contributed by atoms with Gasteiger partial charge in [-0.3, -0.25) is 0 Å². The first-order valence-corrected chi connectivity index (χ1v) is 7.26. The van der Waals surface area contributed by atoms with Crippen molar-refractivity contribution in [2.45, 2.75) is 39.0 Å². The molecule has 118 valence electrons. The number of hydrogen-bond donors (Lipinski definition) is 1. The van der Waals surface area contributed by atoms with Crippen LogP contribution in [0.25, 0.3) is 0 Å². The van der Waals surface area contributed by atoms with Crippen molar-refractivity contribution in [1.29, 1.82) is 0 Å². The van der Waals surface area contributed by atoms with Crippen LogP contribution in [0.2, 0.25) is 0 Å². The van der Waals surface area contributed by atoms with Gasteiger partial charge in [-0.15, -0.1) is 0 Å². The third-order valence-corrected chi connectivity index (χ3v) is 3.20. The molecule has 0 radical (unpaired) electrons. The third kappa shape index (κ3) is 5.17. The first-order chi connectivity index (χ1) is 10.1. The Hall–Kier alpha value is -1.91. The number of carboxylic acids is 1. The van der Waals surface area contributed by atoms with Crippen LogP contribution in [0.4, 0.5) is 0 Å². The van der Waals surface area contributed by atoms with Crippen LogP contribution in [0.5, 0.6) is 17.2 Å². The number of hydrogen-bond acceptors (Lipinski definition) is 4. The van der Waals surface area contributed by atoms with Crippen molar-refractivity contribution < 1.29 is 24.1 Å². The molecule has 5 nitrogen and oxygen atoms in total. The highest BCUT2D eigenvalue weighted by molar-refractivity contribution is 5.89. The standard InChI is InChI=1S/C16H24O5/c1-4-5-6-7-8-9-21-15-13(19-2)10-12(16(17)18)11-14(15)20-3/h10-11H,4-9H2,1-3H3,(H,17,18). The summed E-state index contributed by atoms with van der Waals surface area (Å²) in [6.45, 7) is 2.74. The van der Waals surface area contributed by atoms with Crippen LogP contribution in [0.1, 0.15) is 49.4 Å². The third-order valence-electron chi connectivity index (χ3n) is 3.20. The number of aromatic carboxylic acids is 1. The van der Waals surface area contributed by atoms with E-state index in [1.54, 1.807) is 0 Å². The molecule has 5 heteroatoms. The highest BCUT2D eigenvalue weighted by Gasteiger charge is 2.17. The zero-order chi connectivity index (χ0) is 15.7. The molecule has 0 aliphatic rings. The average molecular weight is 296 g/mol. The molecule has 0 atom stereocenters. The lowest BCUT2D eigenvalue weighted by Crippen LogP contribution is -2.04. The monoisotopic (exact) mass is 296 g/mol. The molecule has 1 aromatic rings. The summed E-state index contributed by atoms with van der Waals surface area (Å²) in [5.41, 5.74) is 0.110. The fraction of sp³-hybridized carbons (Fsp3) is 0.562. The summed E-state index contributed by atoms with van der Waals surface area (Å²) in [5, 5.41) is 9.06. The van der Waals surface area contributed by atoms with Gasteiger partial charge in [-0.25, -0.2) is 4.79 Å². The summed E-state index contributed by atoms with van der Waals surface area (Å²) < 4.78 is 16.1. The van der Waals surface area contributed by atoms with Gasteiger partial charge >= 0.3 is 5.97 Å². The van der Waals surface area contributed by atoms with Crippen molar-refractivity contribution >= 4 is 5.97 Å². The second kappa shape index (κ2) is 9.10. The van der Waals surface area contributed by atoms with Gasteiger partial charge in [0.05, 0.1) is 26.4 Å². The fourth-order valence-corrected chi connectivity index (χ4v) is 2.03. The van der Waals surface area contributed by atoms with Gasteiger partial charge in [0.2, 0.25) is 5.75 Å². The summed E-state index contributed by atoms with van der Waals surface area (Å²) in [5.74, 6) is 0.179. The molecule has 1 N–H and O–H groups in total. The van der Waals surface area contributed by atoms with Gasteiger partial charge in [-0.05, 0) is 18.6 Å². The smallest absolute Gasteiger partial charge is 0.335 e. The molecule has 1 aromatic carbocycles. The zero-order valence-electron chi connectivity index (χ0n) is 13.0. The van der Waals surface area contributed by atoms with Gasteiger partial charge in [-0.1, -0.05) is 32.6 Å². The highest BCUT2D eigenvalue weighted by atomic mass is 16.5. The normalized spacial score (nSPS) is 10.2. The lowest BCUT2D eigenvalue weighted by Gasteiger charge is -2.15. The predicted molar refractivity (Wildman–Crippen MR) is 80.8 cm³/mol. The summed E-state index contributed by atoms with van der Waals surface area (Å²) in [4.78, 5) is 11.1. The maximum Gasteiger partial charge on any atom is 0.335 e. The zero-order valence-corrected chi connectivity index (χ0v) is 13.0. The SMILES string of the molecule is CCCCCCCOc1c(OC)cc(C(=O)O)cc1OC. The van der Waals surface area contributed by atoms with E-state index in [0.717, 1.165) is 12.8 Å². The predicted octanol–water partition coefficient (Wildman–Crippen LogP) is 3.75. The van der Waals surface area contributed by atoms with Crippen LogP contribution in [0, 0.1) is 0 Å². The molecular formula is C16H24O5. The minimum absolute atomic E-state index is 0.110. The van der Waals surface area contributed by atoms with Crippen LogP contribution in [-0.4, -0.2) is 31.9 Å². The lowest BCUT2D eigenvalue weighted by molar-refractivity contribution is 0.0696. The van der Waals surface area contributed by atoms with Crippen molar-refractivity contribution in [2.24, 2.45) is 0 Å². The van der Waals surface area contributed by atoms with Crippen molar-refractivity contribution in [3.8, 4) is 17.2 Å². The molecule has 0 spiro atoms. The van der Waals surface area contributed by atoms with Crippen LogP contribution < -0.4 is 14.2 Å². The van der Waals surface area contributed by atoms with Crippen LogP contribution in [0.15, 0.2) is 12.1 Å². The Morgan fingerprint density at radius 1 is 1.05 bits per heavy atom. The molecule has 1 rings (SSSR count). The van der Waals surface area contributed by atoms with Gasteiger partial charge in [0.1, 0.15) is 0 Å². The molecular weight excluding hydrogens is 272 g/mol. The molecule has 0 amide bonds. The number of benzene rings is 1. The van der Waals surface area contributed by atoms with E-state index in [9.17, 15) is 4.79 Å². The number of carboxylic acid groups (broad SMARTS) is 1. The van der Waals surface area contributed by atoms with Gasteiger partial charge in [0, 0.05) is 0 Å². The van der Waals surface area contributed by atoms with E-state index in [4.69, 9.17) is 19.3 Å². The molecule has 0 aliphatic heterocycles. The Labute approximate surface area is 125 Å². The van der Waals surface area contributed by atoms with E-state index in [-0.39, 0.29) is 5.56 Å². The quantitative estimate of drug-likeness (QED) is 0.666. The molecule has 0 aromatic heterocycles. The minimum Gasteiger partial charge on any atom is -0.493 e. The van der Waals surface area contributed by atoms with Crippen molar-refractivity contribution in [3.05, 3.63) is 17.7 Å². The molecule has 21 heavy (non-hydrogen) atoms. The largest absolute Gasteiger partial charge is 0.493 e. The number of rotatable bonds is 10. The summed E-state index contributed by atoms with van der Waals surface area (Å²) in [7, 11) is 2.96. The maximum absolute atomic E-state index is 11.1. The fourth-order valence-electron chi connectivity index (χ4n) is 2.03. The topological polar surface area (TPSA) is 65.0 Å². The van der Waals surface area contributed by atoms with Gasteiger partial charge in [0.15, 0.2) is 11.5 Å². The molecule has 0 saturated carbocycles. The number of unbranched alkanes of at least 4 members (excludes halogenated alkanes) is 4. The van der Waals surface area contributed by atoms with E-state index in [2.05, 4.69) is 6.92 Å². The van der Waals surface area contributed by atoms with Gasteiger partial charge in [0.25, 0.3) is 0 Å². The second-order valence-electron chi connectivity index (χ2n) is 4.78. The first kappa shape index (κ1) is 17.1. The van der Waals surface area contributed by atoms with Crippen LogP contribution >= 0.6 is 0 Å². The lowest BCUT2D eigenvalue weighted by atomic mass is 10.1. The summed E-state index contributed by atoms with van der Waals surface area (Å²) in [6.07, 6.45) is 5.71. The van der Waals surface area contributed by atoms with Crippen LogP contribution in [-0.2, 0) is 0 Å². The first-order valence-electron chi connectivity index (χ1n) is 7.26. The second-order valence-corrected chi connectivity index (χ2v) is 4.78.